The molecule has 0 atom stereocenters. The molecule has 0 aliphatic heterocycles. The van der Waals surface area contributed by atoms with Crippen molar-refractivity contribution in [3.63, 3.8) is 0 Å². The minimum Gasteiger partial charge on any atom is -0.462 e. The van der Waals surface area contributed by atoms with E-state index in [1.54, 1.807) is 0 Å². The van der Waals surface area contributed by atoms with Gasteiger partial charge in [-0.1, -0.05) is 26.2 Å². The average Bonchev–Trinajstić information content (AvgIpc) is 2.68. The van der Waals surface area contributed by atoms with Gasteiger partial charge in [0.15, 0.2) is 0 Å². The van der Waals surface area contributed by atoms with Gasteiger partial charge in [-0.3, -0.25) is 4.79 Å². The molecular formula is C21H34F2O4. The van der Waals surface area contributed by atoms with Crippen molar-refractivity contribution in [2.24, 2.45) is 17.8 Å². The van der Waals surface area contributed by atoms with Crippen LogP contribution in [0.3, 0.4) is 0 Å². The number of alkyl halides is 2. The summed E-state index contributed by atoms with van der Waals surface area (Å²) in [5, 5.41) is 0. The summed E-state index contributed by atoms with van der Waals surface area (Å²) < 4.78 is 34.4. The highest BCUT2D eigenvalue weighted by molar-refractivity contribution is 5.73. The maximum atomic E-state index is 12.4. The van der Waals surface area contributed by atoms with Crippen LogP contribution in [-0.2, 0) is 19.1 Å². The Kier molecular flexibility index (Phi) is 9.49. The van der Waals surface area contributed by atoms with Crippen molar-refractivity contribution in [3.8, 4) is 0 Å². The highest BCUT2D eigenvalue weighted by Gasteiger charge is 2.30. The van der Waals surface area contributed by atoms with Crippen molar-refractivity contribution in [2.45, 2.75) is 96.5 Å². The number of halogens is 2. The lowest BCUT2D eigenvalue weighted by molar-refractivity contribution is -0.159. The molecule has 2 fully saturated rings. The number of unbranched alkanes of at least 4 members (excludes halogenated alkanes) is 1. The van der Waals surface area contributed by atoms with Crippen LogP contribution in [0.2, 0.25) is 0 Å². The first-order valence-corrected chi connectivity index (χ1v) is 10.6. The van der Waals surface area contributed by atoms with E-state index in [2.05, 4.69) is 11.7 Å². The van der Waals surface area contributed by atoms with Gasteiger partial charge in [-0.25, -0.2) is 4.79 Å². The third-order valence-corrected chi connectivity index (χ3v) is 6.17. The highest BCUT2D eigenvalue weighted by atomic mass is 19.3. The van der Waals surface area contributed by atoms with Crippen LogP contribution in [0.1, 0.15) is 84.0 Å². The molecular weight excluding hydrogens is 354 g/mol. The fourth-order valence-corrected chi connectivity index (χ4v) is 4.37. The van der Waals surface area contributed by atoms with E-state index >= 15 is 0 Å². The summed E-state index contributed by atoms with van der Waals surface area (Å²) in [5.41, 5.74) is 0. The maximum absolute atomic E-state index is 12.4. The van der Waals surface area contributed by atoms with Crippen molar-refractivity contribution in [1.82, 2.24) is 0 Å². The second-order valence-corrected chi connectivity index (χ2v) is 8.20. The topological polar surface area (TPSA) is 52.6 Å². The van der Waals surface area contributed by atoms with Gasteiger partial charge in [0.25, 0.3) is 0 Å². The van der Waals surface area contributed by atoms with E-state index in [4.69, 9.17) is 4.74 Å². The zero-order valence-electron chi connectivity index (χ0n) is 16.5. The third-order valence-electron chi connectivity index (χ3n) is 6.17. The Morgan fingerprint density at radius 3 is 2.11 bits per heavy atom. The maximum Gasteiger partial charge on any atom is 0.373 e. The largest absolute Gasteiger partial charge is 0.462 e. The molecule has 0 spiro atoms. The lowest BCUT2D eigenvalue weighted by Crippen LogP contribution is -2.30. The van der Waals surface area contributed by atoms with Crippen LogP contribution < -0.4 is 0 Å². The Morgan fingerprint density at radius 1 is 0.926 bits per heavy atom. The van der Waals surface area contributed by atoms with Crippen LogP contribution in [0.25, 0.3) is 0 Å². The first-order chi connectivity index (χ1) is 13.0. The molecule has 0 saturated heterocycles. The van der Waals surface area contributed by atoms with Gasteiger partial charge >= 0.3 is 18.4 Å². The van der Waals surface area contributed by atoms with E-state index in [-0.39, 0.29) is 24.6 Å². The Hall–Kier alpha value is -1.20. The monoisotopic (exact) mass is 388 g/mol. The van der Waals surface area contributed by atoms with Gasteiger partial charge in [0.1, 0.15) is 6.10 Å². The Balaban J connectivity index is 1.59. The lowest BCUT2D eigenvalue weighted by Gasteiger charge is -2.31. The Labute approximate surface area is 161 Å². The van der Waals surface area contributed by atoms with E-state index in [0.717, 1.165) is 57.3 Å². The van der Waals surface area contributed by atoms with Gasteiger partial charge in [-0.2, -0.15) is 8.78 Å². The minimum absolute atomic E-state index is 0.0184. The quantitative estimate of drug-likeness (QED) is 0.504. The summed E-state index contributed by atoms with van der Waals surface area (Å²) >= 11 is 0. The average molecular weight is 388 g/mol. The summed E-state index contributed by atoms with van der Waals surface area (Å²) in [4.78, 5) is 23.2. The SMILES string of the molecule is CCCCC1CCC(C(=O)OC2CCC(CCOC(=O)C(F)F)CC2)CC1. The molecule has 0 aromatic heterocycles. The van der Waals surface area contributed by atoms with Crippen LogP contribution in [0.15, 0.2) is 0 Å². The predicted molar refractivity (Wildman–Crippen MR) is 98.4 cm³/mol. The zero-order chi connectivity index (χ0) is 19.6. The van der Waals surface area contributed by atoms with E-state index in [1.807, 2.05) is 0 Å². The molecule has 2 aliphatic carbocycles. The zero-order valence-corrected chi connectivity index (χ0v) is 16.5. The molecule has 6 heteroatoms. The molecule has 0 bridgehead atoms. The smallest absolute Gasteiger partial charge is 0.373 e. The van der Waals surface area contributed by atoms with Crippen LogP contribution >= 0.6 is 0 Å². The van der Waals surface area contributed by atoms with E-state index in [9.17, 15) is 18.4 Å². The van der Waals surface area contributed by atoms with Crippen molar-refractivity contribution in [1.29, 1.82) is 0 Å². The van der Waals surface area contributed by atoms with E-state index in [1.165, 1.54) is 19.3 Å². The lowest BCUT2D eigenvalue weighted by atomic mass is 9.80. The second-order valence-electron chi connectivity index (χ2n) is 8.20. The summed E-state index contributed by atoms with van der Waals surface area (Å²) in [6.07, 6.45) is 8.92. The van der Waals surface area contributed by atoms with Gasteiger partial charge < -0.3 is 9.47 Å². The molecule has 0 unspecified atom stereocenters. The number of hydrogen-bond acceptors (Lipinski definition) is 4. The van der Waals surface area contributed by atoms with Crippen LogP contribution in [0.5, 0.6) is 0 Å². The van der Waals surface area contributed by atoms with E-state index in [0.29, 0.717) is 12.3 Å². The highest BCUT2D eigenvalue weighted by Crippen LogP contribution is 2.34. The second kappa shape index (κ2) is 11.6. The molecule has 0 amide bonds. The molecule has 2 saturated carbocycles. The van der Waals surface area contributed by atoms with Crippen LogP contribution in [0, 0.1) is 17.8 Å². The van der Waals surface area contributed by atoms with Gasteiger partial charge in [0, 0.05) is 0 Å². The predicted octanol–water partition coefficient (Wildman–Crippen LogP) is 5.28. The summed E-state index contributed by atoms with van der Waals surface area (Å²) in [5.74, 6) is -0.280. The molecule has 0 aromatic carbocycles. The van der Waals surface area contributed by atoms with Gasteiger partial charge in [0.05, 0.1) is 12.5 Å². The van der Waals surface area contributed by atoms with Gasteiger partial charge in [0.2, 0.25) is 0 Å². The van der Waals surface area contributed by atoms with Crippen LogP contribution in [-0.4, -0.2) is 31.1 Å². The van der Waals surface area contributed by atoms with Crippen molar-refractivity contribution in [2.75, 3.05) is 6.61 Å². The Morgan fingerprint density at radius 2 is 1.52 bits per heavy atom. The van der Waals surface area contributed by atoms with Gasteiger partial charge in [-0.05, 0) is 69.6 Å². The summed E-state index contributed by atoms with van der Waals surface area (Å²) in [6, 6.07) is 0. The number of ether oxygens (including phenoxy) is 2. The van der Waals surface area contributed by atoms with Crippen LogP contribution in [0.4, 0.5) is 8.78 Å². The molecule has 2 rings (SSSR count). The molecule has 156 valence electrons. The van der Waals surface area contributed by atoms with Crippen molar-refractivity contribution < 1.29 is 27.8 Å². The molecule has 0 aromatic rings. The normalized spacial score (nSPS) is 28.7. The first-order valence-electron chi connectivity index (χ1n) is 10.6. The first kappa shape index (κ1) is 22.1. The number of carbonyl (C=O) groups excluding carboxylic acids is 2. The van der Waals surface area contributed by atoms with Crippen molar-refractivity contribution in [3.05, 3.63) is 0 Å². The number of carbonyl (C=O) groups is 2. The number of rotatable bonds is 9. The fraction of sp³-hybridized carbons (Fsp3) is 0.905. The molecule has 2 aliphatic rings. The molecule has 0 radical (unpaired) electrons. The summed E-state index contributed by atoms with van der Waals surface area (Å²) in [7, 11) is 0. The third kappa shape index (κ3) is 7.74. The molecule has 0 heterocycles. The fourth-order valence-electron chi connectivity index (χ4n) is 4.37. The number of esters is 2. The van der Waals surface area contributed by atoms with E-state index < -0.39 is 12.4 Å². The summed E-state index contributed by atoms with van der Waals surface area (Å²) in [6.45, 7) is 2.26. The molecule has 0 N–H and O–H groups in total. The number of hydrogen-bond donors (Lipinski definition) is 0. The molecule has 4 nitrogen and oxygen atoms in total. The Bertz CT molecular complexity index is 453. The van der Waals surface area contributed by atoms with Gasteiger partial charge in [-0.15, -0.1) is 0 Å². The van der Waals surface area contributed by atoms with Crippen molar-refractivity contribution >= 4 is 11.9 Å². The standard InChI is InChI=1S/C21H34F2O4/c1-2-3-4-15-5-9-17(10-6-15)20(24)27-18-11-7-16(8-12-18)13-14-26-21(25)19(22)23/h15-19H,2-14H2,1H3. The minimum atomic E-state index is -3.05. The molecule has 27 heavy (non-hydrogen) atoms.